The van der Waals surface area contributed by atoms with Crippen LogP contribution in [0.15, 0.2) is 24.3 Å². The molecule has 15 heavy (non-hydrogen) atoms. The van der Waals surface area contributed by atoms with Crippen molar-refractivity contribution in [3.05, 3.63) is 30.1 Å². The quantitative estimate of drug-likeness (QED) is 0.807. The van der Waals surface area contributed by atoms with Crippen molar-refractivity contribution >= 4 is 0 Å². The van der Waals surface area contributed by atoms with E-state index in [1.54, 1.807) is 12.1 Å². The third-order valence-corrected chi connectivity index (χ3v) is 3.09. The predicted octanol–water partition coefficient (Wildman–Crippen LogP) is 2.33. The van der Waals surface area contributed by atoms with Gasteiger partial charge < -0.3 is 10.5 Å². The van der Waals surface area contributed by atoms with Crippen LogP contribution in [0.3, 0.4) is 0 Å². The van der Waals surface area contributed by atoms with Gasteiger partial charge in [0, 0.05) is 6.07 Å². The van der Waals surface area contributed by atoms with Gasteiger partial charge in [-0.25, -0.2) is 4.39 Å². The Kier molecular flexibility index (Phi) is 2.91. The summed E-state index contributed by atoms with van der Waals surface area (Å²) in [4.78, 5) is 0. The predicted molar refractivity (Wildman–Crippen MR) is 57.2 cm³/mol. The molecule has 0 bridgehead atoms. The summed E-state index contributed by atoms with van der Waals surface area (Å²) in [6.45, 7) is 1.36. The third-order valence-electron chi connectivity index (χ3n) is 3.09. The molecule has 0 radical (unpaired) electrons. The highest BCUT2D eigenvalue weighted by Crippen LogP contribution is 2.47. The van der Waals surface area contributed by atoms with Crippen LogP contribution in [0.2, 0.25) is 0 Å². The molecule has 0 aromatic heterocycles. The van der Waals surface area contributed by atoms with Crippen LogP contribution in [-0.4, -0.2) is 13.2 Å². The van der Waals surface area contributed by atoms with E-state index in [0.717, 1.165) is 13.0 Å². The molecule has 82 valence electrons. The minimum atomic E-state index is -0.257. The maximum atomic E-state index is 12.8. The van der Waals surface area contributed by atoms with E-state index in [9.17, 15) is 4.39 Å². The second kappa shape index (κ2) is 4.19. The Balaban J connectivity index is 1.78. The summed E-state index contributed by atoms with van der Waals surface area (Å²) in [6.07, 6.45) is 3.38. The molecule has 0 atom stereocenters. The van der Waals surface area contributed by atoms with Gasteiger partial charge in [-0.05, 0) is 43.4 Å². The number of benzene rings is 1. The normalized spacial score (nSPS) is 17.5. The zero-order valence-corrected chi connectivity index (χ0v) is 8.71. The Bertz CT molecular complexity index is 336. The van der Waals surface area contributed by atoms with Crippen molar-refractivity contribution < 1.29 is 9.13 Å². The number of nitrogens with two attached hydrogens (primary N) is 1. The summed E-state index contributed by atoms with van der Waals surface area (Å²) in [5.41, 5.74) is 5.98. The van der Waals surface area contributed by atoms with Crippen molar-refractivity contribution in [2.24, 2.45) is 11.1 Å². The Morgan fingerprint density at radius 2 is 2.20 bits per heavy atom. The second-order valence-corrected chi connectivity index (χ2v) is 4.26. The van der Waals surface area contributed by atoms with E-state index < -0.39 is 0 Å². The summed E-state index contributed by atoms with van der Waals surface area (Å²) < 4.78 is 18.3. The first-order chi connectivity index (χ1) is 7.24. The molecule has 1 fully saturated rings. The first-order valence-corrected chi connectivity index (χ1v) is 5.33. The van der Waals surface area contributed by atoms with Gasteiger partial charge in [0.2, 0.25) is 0 Å². The van der Waals surface area contributed by atoms with E-state index in [1.807, 2.05) is 0 Å². The fourth-order valence-corrected chi connectivity index (χ4v) is 1.68. The van der Waals surface area contributed by atoms with E-state index in [2.05, 4.69) is 0 Å². The second-order valence-electron chi connectivity index (χ2n) is 4.26. The lowest BCUT2D eigenvalue weighted by atomic mass is 10.0. The first-order valence-electron chi connectivity index (χ1n) is 5.33. The summed E-state index contributed by atoms with van der Waals surface area (Å²) in [5.74, 6) is 0.343. The summed E-state index contributed by atoms with van der Waals surface area (Å²) in [5, 5.41) is 0. The van der Waals surface area contributed by atoms with Crippen molar-refractivity contribution in [1.82, 2.24) is 0 Å². The first kappa shape index (κ1) is 10.4. The Morgan fingerprint density at radius 3 is 2.80 bits per heavy atom. The molecule has 2 nitrogen and oxygen atoms in total. The van der Waals surface area contributed by atoms with Gasteiger partial charge in [0.25, 0.3) is 0 Å². The van der Waals surface area contributed by atoms with Crippen molar-refractivity contribution in [3.8, 4) is 5.75 Å². The van der Waals surface area contributed by atoms with Crippen molar-refractivity contribution in [1.29, 1.82) is 0 Å². The molecular weight excluding hydrogens is 193 g/mol. The molecular formula is C12H16FNO. The number of hydrogen-bond acceptors (Lipinski definition) is 2. The number of hydrogen-bond donors (Lipinski definition) is 1. The van der Waals surface area contributed by atoms with Gasteiger partial charge in [-0.15, -0.1) is 0 Å². The zero-order chi connectivity index (χ0) is 10.7. The van der Waals surface area contributed by atoms with Crippen LogP contribution in [0.5, 0.6) is 5.75 Å². The van der Waals surface area contributed by atoms with Gasteiger partial charge >= 0.3 is 0 Å². The average Bonchev–Trinajstić information content (AvgIpc) is 2.99. The molecule has 1 aliphatic rings. The molecule has 1 saturated carbocycles. The van der Waals surface area contributed by atoms with E-state index in [1.165, 1.54) is 25.0 Å². The third kappa shape index (κ3) is 2.69. The highest BCUT2D eigenvalue weighted by molar-refractivity contribution is 5.22. The van der Waals surface area contributed by atoms with E-state index in [0.29, 0.717) is 17.8 Å². The van der Waals surface area contributed by atoms with Gasteiger partial charge in [0.15, 0.2) is 0 Å². The largest absolute Gasteiger partial charge is 0.493 e. The fourth-order valence-electron chi connectivity index (χ4n) is 1.68. The highest BCUT2D eigenvalue weighted by Gasteiger charge is 2.40. The van der Waals surface area contributed by atoms with E-state index in [4.69, 9.17) is 10.5 Å². The molecule has 0 unspecified atom stereocenters. The SMILES string of the molecule is NCC1(CCOc2cccc(F)c2)CC1. The average molecular weight is 209 g/mol. The smallest absolute Gasteiger partial charge is 0.126 e. The van der Waals surface area contributed by atoms with Gasteiger partial charge in [-0.3, -0.25) is 0 Å². The molecule has 1 aliphatic carbocycles. The molecule has 2 N–H and O–H groups in total. The summed E-state index contributed by atoms with van der Waals surface area (Å²) in [7, 11) is 0. The molecule has 0 saturated heterocycles. The van der Waals surface area contributed by atoms with Crippen LogP contribution >= 0.6 is 0 Å². The van der Waals surface area contributed by atoms with Crippen LogP contribution in [0.1, 0.15) is 19.3 Å². The standard InChI is InChI=1S/C12H16FNO/c13-10-2-1-3-11(8-10)15-7-6-12(9-14)4-5-12/h1-3,8H,4-7,9,14H2. The number of ether oxygens (including phenoxy) is 1. The van der Waals surface area contributed by atoms with Crippen LogP contribution in [0.25, 0.3) is 0 Å². The lowest BCUT2D eigenvalue weighted by Gasteiger charge is -2.12. The van der Waals surface area contributed by atoms with Crippen LogP contribution in [0.4, 0.5) is 4.39 Å². The number of halogens is 1. The molecule has 0 amide bonds. The fraction of sp³-hybridized carbons (Fsp3) is 0.500. The molecule has 2 rings (SSSR count). The lowest BCUT2D eigenvalue weighted by molar-refractivity contribution is 0.270. The molecule has 0 aliphatic heterocycles. The van der Waals surface area contributed by atoms with Gasteiger partial charge in [-0.1, -0.05) is 6.07 Å². The van der Waals surface area contributed by atoms with E-state index >= 15 is 0 Å². The minimum absolute atomic E-state index is 0.257. The Morgan fingerprint density at radius 1 is 1.40 bits per heavy atom. The topological polar surface area (TPSA) is 35.2 Å². The number of rotatable bonds is 5. The monoisotopic (exact) mass is 209 g/mol. The maximum Gasteiger partial charge on any atom is 0.126 e. The lowest BCUT2D eigenvalue weighted by Crippen LogP contribution is -2.18. The minimum Gasteiger partial charge on any atom is -0.493 e. The van der Waals surface area contributed by atoms with E-state index in [-0.39, 0.29) is 5.82 Å². The molecule has 0 heterocycles. The summed E-state index contributed by atoms with van der Waals surface area (Å²) in [6, 6.07) is 6.24. The maximum absolute atomic E-state index is 12.8. The van der Waals surface area contributed by atoms with Crippen molar-refractivity contribution in [3.63, 3.8) is 0 Å². The molecule has 1 aromatic rings. The zero-order valence-electron chi connectivity index (χ0n) is 8.71. The Labute approximate surface area is 89.2 Å². The molecule has 1 aromatic carbocycles. The molecule has 0 spiro atoms. The van der Waals surface area contributed by atoms with Crippen LogP contribution in [0, 0.1) is 11.2 Å². The molecule has 3 heteroatoms. The Hall–Kier alpha value is -1.09. The highest BCUT2D eigenvalue weighted by atomic mass is 19.1. The van der Waals surface area contributed by atoms with Gasteiger partial charge in [0.1, 0.15) is 11.6 Å². The van der Waals surface area contributed by atoms with Crippen LogP contribution in [-0.2, 0) is 0 Å². The van der Waals surface area contributed by atoms with Crippen LogP contribution < -0.4 is 10.5 Å². The summed E-state index contributed by atoms with van der Waals surface area (Å²) >= 11 is 0. The van der Waals surface area contributed by atoms with Crippen molar-refractivity contribution in [2.75, 3.05) is 13.2 Å². The van der Waals surface area contributed by atoms with Gasteiger partial charge in [-0.2, -0.15) is 0 Å². The van der Waals surface area contributed by atoms with Gasteiger partial charge in [0.05, 0.1) is 6.61 Å². The van der Waals surface area contributed by atoms with Crippen molar-refractivity contribution in [2.45, 2.75) is 19.3 Å².